The van der Waals surface area contributed by atoms with Gasteiger partial charge in [0.1, 0.15) is 0 Å². The maximum absolute atomic E-state index is 10.5. The van der Waals surface area contributed by atoms with Crippen molar-refractivity contribution in [2.45, 2.75) is 84.0 Å². The Balaban J connectivity index is 3.74. The molecule has 1 unspecified atom stereocenters. The normalized spacial score (nSPS) is 12.3. The third-order valence-electron chi connectivity index (χ3n) is 3.74. The van der Waals surface area contributed by atoms with E-state index in [2.05, 4.69) is 13.5 Å². The predicted molar refractivity (Wildman–Crippen MR) is 82.4 cm³/mol. The summed E-state index contributed by atoms with van der Waals surface area (Å²) < 4.78 is 0. The van der Waals surface area contributed by atoms with Crippen LogP contribution in [0.3, 0.4) is 0 Å². The van der Waals surface area contributed by atoms with E-state index >= 15 is 0 Å². The van der Waals surface area contributed by atoms with Crippen LogP contribution in [0.4, 0.5) is 0 Å². The fourth-order valence-corrected chi connectivity index (χ4v) is 2.55. The van der Waals surface area contributed by atoms with Crippen LogP contribution in [0.2, 0.25) is 0 Å². The summed E-state index contributed by atoms with van der Waals surface area (Å²) in [6.07, 6.45) is 15.7. The van der Waals surface area contributed by atoms with Gasteiger partial charge in [0.05, 0.1) is 0 Å². The summed E-state index contributed by atoms with van der Waals surface area (Å²) in [6, 6.07) is 0. The zero-order chi connectivity index (χ0) is 14.3. The van der Waals surface area contributed by atoms with Crippen molar-refractivity contribution in [1.82, 2.24) is 0 Å². The number of hydrogen-bond donors (Lipinski definition) is 1. The highest BCUT2D eigenvalue weighted by Crippen LogP contribution is 2.23. The van der Waals surface area contributed by atoms with Gasteiger partial charge in [-0.25, -0.2) is 0 Å². The quantitative estimate of drug-likeness (QED) is 0.330. The molecule has 0 saturated heterocycles. The van der Waals surface area contributed by atoms with Gasteiger partial charge in [-0.2, -0.15) is 0 Å². The van der Waals surface area contributed by atoms with Crippen LogP contribution in [-0.2, 0) is 4.79 Å². The van der Waals surface area contributed by atoms with Crippen molar-refractivity contribution < 1.29 is 9.90 Å². The van der Waals surface area contributed by atoms with Crippen LogP contribution in [0, 0.1) is 5.92 Å². The minimum atomic E-state index is -0.661. The molecule has 112 valence electrons. The van der Waals surface area contributed by atoms with Gasteiger partial charge in [-0.3, -0.25) is 4.79 Å². The van der Waals surface area contributed by atoms with Gasteiger partial charge < -0.3 is 5.11 Å². The summed E-state index contributed by atoms with van der Waals surface area (Å²) in [6.45, 7) is 6.02. The van der Waals surface area contributed by atoms with E-state index < -0.39 is 5.97 Å². The lowest BCUT2D eigenvalue weighted by Gasteiger charge is -2.16. The molecular weight excluding hydrogens is 236 g/mol. The Morgan fingerprint density at radius 1 is 1.05 bits per heavy atom. The number of unbranched alkanes of at least 4 members (excludes halogenated alkanes) is 5. The molecule has 0 bridgehead atoms. The Morgan fingerprint density at radius 3 is 2.26 bits per heavy atom. The molecule has 0 rings (SSSR count). The van der Waals surface area contributed by atoms with E-state index in [1.807, 2.05) is 6.08 Å². The number of carboxylic acids is 1. The van der Waals surface area contributed by atoms with E-state index in [4.69, 9.17) is 5.11 Å². The first-order chi connectivity index (χ1) is 9.20. The second kappa shape index (κ2) is 13.6. The van der Waals surface area contributed by atoms with Crippen LogP contribution in [0.5, 0.6) is 0 Å². The fraction of sp³-hybridized carbons (Fsp3) is 0.824. The van der Waals surface area contributed by atoms with Crippen molar-refractivity contribution in [3.8, 4) is 0 Å². The molecule has 0 aromatic carbocycles. The number of rotatable bonds is 14. The highest BCUT2D eigenvalue weighted by molar-refractivity contribution is 5.66. The van der Waals surface area contributed by atoms with E-state index in [-0.39, 0.29) is 0 Å². The molecule has 0 spiro atoms. The largest absolute Gasteiger partial charge is 0.481 e. The second-order valence-corrected chi connectivity index (χ2v) is 5.57. The third-order valence-corrected chi connectivity index (χ3v) is 3.74. The van der Waals surface area contributed by atoms with Gasteiger partial charge >= 0.3 is 5.97 Å². The minimum absolute atomic E-state index is 0.329. The molecule has 0 aliphatic carbocycles. The first-order valence-electron chi connectivity index (χ1n) is 8.03. The van der Waals surface area contributed by atoms with Gasteiger partial charge in [-0.15, -0.1) is 6.58 Å². The van der Waals surface area contributed by atoms with Crippen LogP contribution in [0.15, 0.2) is 12.7 Å². The van der Waals surface area contributed by atoms with Gasteiger partial charge in [0, 0.05) is 6.42 Å². The molecule has 0 amide bonds. The zero-order valence-corrected chi connectivity index (χ0v) is 12.7. The van der Waals surface area contributed by atoms with Crippen molar-refractivity contribution in [1.29, 1.82) is 0 Å². The molecule has 1 atom stereocenters. The van der Waals surface area contributed by atoms with Gasteiger partial charge in [0.15, 0.2) is 0 Å². The van der Waals surface area contributed by atoms with E-state index in [1.165, 1.54) is 51.4 Å². The summed E-state index contributed by atoms with van der Waals surface area (Å²) in [4.78, 5) is 10.5. The van der Waals surface area contributed by atoms with Crippen molar-refractivity contribution >= 4 is 5.97 Å². The van der Waals surface area contributed by atoms with E-state index in [9.17, 15) is 4.79 Å². The molecule has 1 N–H and O–H groups in total. The van der Waals surface area contributed by atoms with Crippen LogP contribution >= 0.6 is 0 Å². The number of allylic oxidation sites excluding steroid dienone is 1. The Hall–Kier alpha value is -0.790. The number of hydrogen-bond acceptors (Lipinski definition) is 1. The lowest BCUT2D eigenvalue weighted by atomic mass is 9.90. The molecule has 19 heavy (non-hydrogen) atoms. The molecule has 0 aliphatic rings. The van der Waals surface area contributed by atoms with Crippen molar-refractivity contribution in [3.63, 3.8) is 0 Å². The molecule has 0 fully saturated rings. The second-order valence-electron chi connectivity index (χ2n) is 5.57. The molecule has 0 saturated carbocycles. The topological polar surface area (TPSA) is 37.3 Å². The zero-order valence-electron chi connectivity index (χ0n) is 12.7. The average molecular weight is 268 g/mol. The number of aliphatic carboxylic acids is 1. The smallest absolute Gasteiger partial charge is 0.303 e. The number of carboxylic acid groups (broad SMARTS) is 1. The first-order valence-corrected chi connectivity index (χ1v) is 8.03. The molecule has 0 radical (unpaired) electrons. The Kier molecular flexibility index (Phi) is 13.1. The molecule has 2 nitrogen and oxygen atoms in total. The van der Waals surface area contributed by atoms with Gasteiger partial charge in [-0.1, -0.05) is 64.4 Å². The molecule has 0 aromatic heterocycles. The Morgan fingerprint density at radius 2 is 1.68 bits per heavy atom. The Labute approximate surface area is 119 Å². The van der Waals surface area contributed by atoms with E-state index in [0.29, 0.717) is 6.42 Å². The SMILES string of the molecule is C=CCCCC(CCCCCC)CCCCC(=O)O. The maximum Gasteiger partial charge on any atom is 0.303 e. The minimum Gasteiger partial charge on any atom is -0.481 e. The van der Waals surface area contributed by atoms with Crippen molar-refractivity contribution in [2.24, 2.45) is 5.92 Å². The van der Waals surface area contributed by atoms with Gasteiger partial charge in [-0.05, 0) is 25.2 Å². The molecule has 0 aliphatic heterocycles. The summed E-state index contributed by atoms with van der Waals surface area (Å²) in [5.74, 6) is 0.136. The summed E-state index contributed by atoms with van der Waals surface area (Å²) in [5, 5.41) is 8.64. The molecule has 0 heterocycles. The monoisotopic (exact) mass is 268 g/mol. The third kappa shape index (κ3) is 13.4. The predicted octanol–water partition coefficient (Wildman–Crippen LogP) is 5.57. The maximum atomic E-state index is 10.5. The van der Waals surface area contributed by atoms with E-state index in [0.717, 1.165) is 25.2 Å². The first kappa shape index (κ1) is 18.2. The highest BCUT2D eigenvalue weighted by Gasteiger charge is 2.08. The molecule has 0 aromatic rings. The lowest BCUT2D eigenvalue weighted by molar-refractivity contribution is -0.137. The highest BCUT2D eigenvalue weighted by atomic mass is 16.4. The molecule has 2 heteroatoms. The summed E-state index contributed by atoms with van der Waals surface area (Å²) in [5.41, 5.74) is 0. The summed E-state index contributed by atoms with van der Waals surface area (Å²) >= 11 is 0. The standard InChI is InChI=1S/C17H32O2/c1-3-5-7-9-13-16(12-8-6-4-2)14-10-11-15-17(18)19/h4,16H,2-3,5-15H2,1H3,(H,18,19). The van der Waals surface area contributed by atoms with Crippen molar-refractivity contribution in [2.75, 3.05) is 0 Å². The molecular formula is C17H32O2. The van der Waals surface area contributed by atoms with Gasteiger partial charge in [0.2, 0.25) is 0 Å². The summed E-state index contributed by atoms with van der Waals surface area (Å²) in [7, 11) is 0. The van der Waals surface area contributed by atoms with Crippen molar-refractivity contribution in [3.05, 3.63) is 12.7 Å². The average Bonchev–Trinajstić information content (AvgIpc) is 2.38. The van der Waals surface area contributed by atoms with E-state index in [1.54, 1.807) is 0 Å². The Bertz CT molecular complexity index is 223. The van der Waals surface area contributed by atoms with Crippen LogP contribution in [0.25, 0.3) is 0 Å². The van der Waals surface area contributed by atoms with Gasteiger partial charge in [0.25, 0.3) is 0 Å². The van der Waals surface area contributed by atoms with Crippen LogP contribution in [0.1, 0.15) is 84.0 Å². The van der Waals surface area contributed by atoms with Crippen LogP contribution < -0.4 is 0 Å². The fourth-order valence-electron chi connectivity index (χ4n) is 2.55. The van der Waals surface area contributed by atoms with Crippen LogP contribution in [-0.4, -0.2) is 11.1 Å². The lowest BCUT2D eigenvalue weighted by Crippen LogP contribution is -2.02. The number of carbonyl (C=O) groups is 1.